The summed E-state index contributed by atoms with van der Waals surface area (Å²) in [4.78, 5) is 22.9. The van der Waals surface area contributed by atoms with E-state index in [2.05, 4.69) is 28.7 Å². The highest BCUT2D eigenvalue weighted by atomic mass is 19.3. The molecule has 1 aliphatic rings. The van der Waals surface area contributed by atoms with Crippen molar-refractivity contribution in [1.82, 2.24) is 9.97 Å². The predicted molar refractivity (Wildman–Crippen MR) is 135 cm³/mol. The molecule has 2 aromatic heterocycles. The summed E-state index contributed by atoms with van der Waals surface area (Å²) in [5, 5.41) is 10.2. The maximum Gasteiger partial charge on any atom is 0.337 e. The largest absolute Gasteiger partial charge is 0.479 e. The second kappa shape index (κ2) is 10.5. The summed E-state index contributed by atoms with van der Waals surface area (Å²) >= 11 is 0. The lowest BCUT2D eigenvalue weighted by atomic mass is 9.82. The van der Waals surface area contributed by atoms with E-state index in [4.69, 9.17) is 9.47 Å². The topological polar surface area (TPSA) is 84.8 Å². The van der Waals surface area contributed by atoms with Crippen LogP contribution >= 0.6 is 0 Å². The second-order valence-electron chi connectivity index (χ2n) is 11.5. The Kier molecular flexibility index (Phi) is 8.12. The average Bonchev–Trinajstić information content (AvgIpc) is 2.75. The van der Waals surface area contributed by atoms with Crippen molar-refractivity contribution in [1.29, 1.82) is 0 Å². The molecule has 3 heterocycles. The monoisotopic (exact) mass is 523 g/mol. The number of aliphatic carboxylic acids is 1. The van der Waals surface area contributed by atoms with E-state index in [0.717, 1.165) is 18.9 Å². The van der Waals surface area contributed by atoms with Gasteiger partial charge in [-0.05, 0) is 52.0 Å². The summed E-state index contributed by atoms with van der Waals surface area (Å²) in [7, 11) is 0. The van der Waals surface area contributed by atoms with Gasteiger partial charge in [0.2, 0.25) is 0 Å². The smallest absolute Gasteiger partial charge is 0.337 e. The molecule has 3 rings (SSSR count). The minimum Gasteiger partial charge on any atom is -0.479 e. The van der Waals surface area contributed by atoms with Gasteiger partial charge >= 0.3 is 5.97 Å². The van der Waals surface area contributed by atoms with E-state index in [1.165, 1.54) is 6.20 Å². The first-order valence-corrected chi connectivity index (χ1v) is 12.3. The number of aryl methyl sites for hydroxylation is 1. The molecule has 0 spiro atoms. The Bertz CT molecular complexity index is 1130. The van der Waals surface area contributed by atoms with Gasteiger partial charge in [-0.15, -0.1) is 0 Å². The molecule has 204 valence electrons. The van der Waals surface area contributed by atoms with Crippen molar-refractivity contribution >= 4 is 11.7 Å². The van der Waals surface area contributed by atoms with E-state index >= 15 is 0 Å². The number of hydrogen-bond donors (Lipinski definition) is 1. The normalized spacial score (nSPS) is 17.0. The molecule has 0 aromatic carbocycles. The Morgan fingerprint density at radius 3 is 2.30 bits per heavy atom. The number of aromatic nitrogens is 2. The van der Waals surface area contributed by atoms with Gasteiger partial charge in [-0.3, -0.25) is 4.98 Å². The minimum absolute atomic E-state index is 0.126. The number of carboxylic acid groups (broad SMARTS) is 1. The van der Waals surface area contributed by atoms with Gasteiger partial charge in [-0.2, -0.15) is 0 Å². The molecule has 1 saturated heterocycles. The molecule has 0 bridgehead atoms. The van der Waals surface area contributed by atoms with Crippen molar-refractivity contribution in [3.8, 4) is 17.0 Å². The Hall–Kier alpha value is -2.88. The van der Waals surface area contributed by atoms with Crippen LogP contribution in [0.2, 0.25) is 0 Å². The fourth-order valence-corrected chi connectivity index (χ4v) is 4.27. The fourth-order valence-electron chi connectivity index (χ4n) is 4.27. The summed E-state index contributed by atoms with van der Waals surface area (Å²) in [6.45, 7) is 12.4. The number of ether oxygens (including phenoxy) is 2. The van der Waals surface area contributed by atoms with E-state index in [0.29, 0.717) is 48.1 Å². The highest BCUT2D eigenvalue weighted by molar-refractivity contribution is 5.86. The lowest BCUT2D eigenvalue weighted by Gasteiger charge is -2.40. The number of pyridine rings is 2. The lowest BCUT2D eigenvalue weighted by molar-refractivity contribution is -0.160. The zero-order valence-electron chi connectivity index (χ0n) is 22.5. The molecule has 7 nitrogen and oxygen atoms in total. The highest BCUT2D eigenvalue weighted by Gasteiger charge is 2.36. The molecule has 1 atom stereocenters. The Morgan fingerprint density at radius 2 is 1.78 bits per heavy atom. The van der Waals surface area contributed by atoms with Crippen LogP contribution in [0.1, 0.15) is 71.7 Å². The number of anilines is 1. The van der Waals surface area contributed by atoms with Crippen LogP contribution in [-0.4, -0.2) is 52.3 Å². The zero-order chi connectivity index (χ0) is 27.8. The number of rotatable bonds is 8. The van der Waals surface area contributed by atoms with Gasteiger partial charge < -0.3 is 19.5 Å². The first-order chi connectivity index (χ1) is 17.0. The Balaban J connectivity index is 2.17. The third-order valence-electron chi connectivity index (χ3n) is 6.26. The molecule has 1 N–H and O–H groups in total. The van der Waals surface area contributed by atoms with Gasteiger partial charge in [0.15, 0.2) is 18.5 Å². The minimum atomic E-state index is -3.14. The van der Waals surface area contributed by atoms with E-state index < -0.39 is 41.9 Å². The van der Waals surface area contributed by atoms with Crippen molar-refractivity contribution in [3.05, 3.63) is 35.5 Å². The molecule has 0 unspecified atom stereocenters. The molecule has 0 amide bonds. The highest BCUT2D eigenvalue weighted by Crippen LogP contribution is 2.43. The first-order valence-electron chi connectivity index (χ1n) is 12.3. The first kappa shape index (κ1) is 28.7. The summed E-state index contributed by atoms with van der Waals surface area (Å²) in [5.74, 6) is -5.75. The van der Waals surface area contributed by atoms with E-state index in [-0.39, 0.29) is 5.41 Å². The molecule has 0 saturated carbocycles. The third-order valence-corrected chi connectivity index (χ3v) is 6.26. The van der Waals surface area contributed by atoms with E-state index in [1.54, 1.807) is 33.9 Å². The summed E-state index contributed by atoms with van der Waals surface area (Å²) in [6, 6.07) is 1.14. The summed E-state index contributed by atoms with van der Waals surface area (Å²) in [6.07, 6.45) is 3.30. The predicted octanol–water partition coefficient (Wildman–Crippen LogP) is 6.19. The molecule has 2 aromatic rings. The van der Waals surface area contributed by atoms with Gasteiger partial charge in [0.25, 0.3) is 11.8 Å². The van der Waals surface area contributed by atoms with Gasteiger partial charge in [-0.25, -0.2) is 22.9 Å². The number of nitrogens with zero attached hydrogens (tertiary/aromatic N) is 3. The van der Waals surface area contributed by atoms with Crippen LogP contribution in [0, 0.1) is 18.2 Å². The number of carbonyl (C=O) groups is 1. The molecular formula is C27H36F3N3O4. The van der Waals surface area contributed by atoms with Crippen LogP contribution < -0.4 is 9.64 Å². The molecule has 0 aliphatic carbocycles. The standard InChI is InChI=1S/C27H36F3N3O4/c1-16-20(22(24(34)35)37-25(2,3)4)21(33-10-8-26(5,6)9-11-33)18(14-31-16)17-12-19(28)23(32-13-17)36-15-27(7,29)30/h12-14,22H,8-11,15H2,1-7H3,(H,34,35)/t22-/m0/s1. The molecule has 10 heteroatoms. The maximum atomic E-state index is 14.9. The number of hydrogen-bond acceptors (Lipinski definition) is 6. The van der Waals surface area contributed by atoms with Crippen LogP contribution in [-0.2, 0) is 9.53 Å². The molecule has 0 radical (unpaired) electrons. The van der Waals surface area contributed by atoms with Crippen LogP contribution in [0.4, 0.5) is 18.9 Å². The quantitative estimate of drug-likeness (QED) is 0.441. The lowest BCUT2D eigenvalue weighted by Crippen LogP contribution is -2.39. The molecule has 37 heavy (non-hydrogen) atoms. The summed E-state index contributed by atoms with van der Waals surface area (Å²) < 4.78 is 52.1. The van der Waals surface area contributed by atoms with E-state index in [1.807, 2.05) is 0 Å². The Labute approximate surface area is 216 Å². The average molecular weight is 524 g/mol. The number of alkyl halides is 2. The number of piperidine rings is 1. The van der Waals surface area contributed by atoms with Gasteiger partial charge in [0.1, 0.15) is 0 Å². The van der Waals surface area contributed by atoms with E-state index in [9.17, 15) is 23.1 Å². The maximum absolute atomic E-state index is 14.9. The molecular weight excluding hydrogens is 487 g/mol. The van der Waals surface area contributed by atoms with Crippen LogP contribution in [0.5, 0.6) is 5.88 Å². The van der Waals surface area contributed by atoms with Crippen molar-refractivity contribution in [3.63, 3.8) is 0 Å². The van der Waals surface area contributed by atoms with Gasteiger partial charge in [0, 0.05) is 54.8 Å². The van der Waals surface area contributed by atoms with Gasteiger partial charge in [-0.1, -0.05) is 13.8 Å². The molecule has 1 fully saturated rings. The second-order valence-corrected chi connectivity index (χ2v) is 11.5. The van der Waals surface area contributed by atoms with Crippen LogP contribution in [0.25, 0.3) is 11.1 Å². The third kappa shape index (κ3) is 7.34. The van der Waals surface area contributed by atoms with Crippen LogP contribution in [0.15, 0.2) is 18.5 Å². The van der Waals surface area contributed by atoms with Crippen molar-refractivity contribution in [2.24, 2.45) is 5.41 Å². The van der Waals surface area contributed by atoms with Crippen LogP contribution in [0.3, 0.4) is 0 Å². The fraction of sp³-hybridized carbons (Fsp3) is 0.593. The van der Waals surface area contributed by atoms with Gasteiger partial charge in [0.05, 0.1) is 11.3 Å². The van der Waals surface area contributed by atoms with Crippen molar-refractivity contribution < 1.29 is 32.5 Å². The van der Waals surface area contributed by atoms with Crippen molar-refractivity contribution in [2.75, 3.05) is 24.6 Å². The Morgan fingerprint density at radius 1 is 1.16 bits per heavy atom. The molecule has 1 aliphatic heterocycles. The zero-order valence-corrected chi connectivity index (χ0v) is 22.5. The number of carboxylic acids is 1. The van der Waals surface area contributed by atoms with Crippen molar-refractivity contribution in [2.45, 2.75) is 78.9 Å². The summed E-state index contributed by atoms with van der Waals surface area (Å²) in [5.41, 5.74) is 1.63. The number of halogens is 3. The SMILES string of the molecule is Cc1ncc(-c2cnc(OCC(C)(F)F)c(F)c2)c(N2CCC(C)(C)CC2)c1[C@H](OC(C)(C)C)C(=O)O.